The fourth-order valence-corrected chi connectivity index (χ4v) is 2.43. The highest BCUT2D eigenvalue weighted by molar-refractivity contribution is 5.44. The Labute approximate surface area is 92.1 Å². The van der Waals surface area contributed by atoms with Crippen molar-refractivity contribution in [3.8, 4) is 0 Å². The first-order chi connectivity index (χ1) is 7.35. The quantitative estimate of drug-likeness (QED) is 0.749. The highest BCUT2D eigenvalue weighted by Crippen LogP contribution is 2.25. The van der Waals surface area contributed by atoms with Gasteiger partial charge in [0.2, 0.25) is 0 Å². The van der Waals surface area contributed by atoms with Crippen molar-refractivity contribution < 1.29 is 0 Å². The summed E-state index contributed by atoms with van der Waals surface area (Å²) in [6, 6.07) is 2.24. The molecule has 2 heteroatoms. The second kappa shape index (κ2) is 4.65. The Morgan fingerprint density at radius 2 is 2.07 bits per heavy atom. The lowest BCUT2D eigenvalue weighted by Crippen LogP contribution is -2.04. The van der Waals surface area contributed by atoms with Gasteiger partial charge in [0.25, 0.3) is 0 Å². The van der Waals surface area contributed by atoms with E-state index in [1.165, 1.54) is 48.9 Å². The predicted molar refractivity (Wildman–Crippen MR) is 64.4 cm³/mol. The van der Waals surface area contributed by atoms with Crippen LogP contribution in [0.2, 0.25) is 0 Å². The number of aryl methyl sites for hydroxylation is 2. The first-order valence-corrected chi connectivity index (χ1v) is 6.04. The van der Waals surface area contributed by atoms with E-state index in [0.717, 1.165) is 12.2 Å². The summed E-state index contributed by atoms with van der Waals surface area (Å²) in [7, 11) is 1.95. The topological polar surface area (TPSA) is 24.9 Å². The number of aromatic nitrogens is 1. The fourth-order valence-electron chi connectivity index (χ4n) is 2.43. The van der Waals surface area contributed by atoms with Crippen molar-refractivity contribution in [1.82, 2.24) is 4.98 Å². The van der Waals surface area contributed by atoms with Crippen LogP contribution in [0.4, 0.5) is 5.82 Å². The Morgan fingerprint density at radius 1 is 1.27 bits per heavy atom. The summed E-state index contributed by atoms with van der Waals surface area (Å²) in [5, 5.41) is 3.16. The molecule has 1 heterocycles. The molecule has 0 aliphatic heterocycles. The van der Waals surface area contributed by atoms with Crippen LogP contribution in [0, 0.1) is 0 Å². The molecule has 0 saturated carbocycles. The Balaban J connectivity index is 2.45. The Hall–Kier alpha value is -1.05. The first-order valence-electron chi connectivity index (χ1n) is 6.04. The number of anilines is 1. The summed E-state index contributed by atoms with van der Waals surface area (Å²) in [6.45, 7) is 2.20. The molecule has 0 aromatic carbocycles. The second-order valence-corrected chi connectivity index (χ2v) is 4.26. The van der Waals surface area contributed by atoms with Crippen molar-refractivity contribution in [2.45, 2.75) is 45.4 Å². The van der Waals surface area contributed by atoms with Gasteiger partial charge in [-0.05, 0) is 49.3 Å². The average molecular weight is 204 g/mol. The largest absolute Gasteiger partial charge is 0.373 e. The third-order valence-corrected chi connectivity index (χ3v) is 3.27. The van der Waals surface area contributed by atoms with Gasteiger partial charge in [0.1, 0.15) is 5.82 Å². The van der Waals surface area contributed by atoms with Crippen molar-refractivity contribution >= 4 is 5.82 Å². The number of fused-ring (bicyclic) bond motifs is 1. The zero-order chi connectivity index (χ0) is 10.7. The molecule has 0 unspecified atom stereocenters. The standard InChI is InChI=1S/C13H20N2/c1-3-12-11-8-6-4-5-7-10(11)9-13(14-2)15-12/h9H,3-8H2,1-2H3,(H,14,15). The third kappa shape index (κ3) is 2.14. The maximum Gasteiger partial charge on any atom is 0.126 e. The van der Waals surface area contributed by atoms with Gasteiger partial charge in [0.05, 0.1) is 0 Å². The minimum atomic E-state index is 1.03. The zero-order valence-electron chi connectivity index (χ0n) is 9.77. The molecule has 0 fully saturated rings. The molecule has 1 aliphatic rings. The van der Waals surface area contributed by atoms with Gasteiger partial charge < -0.3 is 5.32 Å². The minimum absolute atomic E-state index is 1.03. The van der Waals surface area contributed by atoms with E-state index in [-0.39, 0.29) is 0 Å². The number of nitrogens with one attached hydrogen (secondary N) is 1. The van der Waals surface area contributed by atoms with Crippen LogP contribution in [0.15, 0.2) is 6.07 Å². The summed E-state index contributed by atoms with van der Waals surface area (Å²) in [5.74, 6) is 1.03. The van der Waals surface area contributed by atoms with Gasteiger partial charge in [-0.1, -0.05) is 13.3 Å². The van der Waals surface area contributed by atoms with Gasteiger partial charge in [-0.25, -0.2) is 4.98 Å². The molecular weight excluding hydrogens is 184 g/mol. The molecule has 0 radical (unpaired) electrons. The fraction of sp³-hybridized carbons (Fsp3) is 0.615. The lowest BCUT2D eigenvalue weighted by molar-refractivity contribution is 0.710. The summed E-state index contributed by atoms with van der Waals surface area (Å²) < 4.78 is 0. The predicted octanol–water partition coefficient (Wildman–Crippen LogP) is 2.95. The van der Waals surface area contributed by atoms with Crippen LogP contribution in [0.3, 0.4) is 0 Å². The van der Waals surface area contributed by atoms with Crippen LogP contribution >= 0.6 is 0 Å². The lowest BCUT2D eigenvalue weighted by Gasteiger charge is -2.12. The third-order valence-electron chi connectivity index (χ3n) is 3.27. The van der Waals surface area contributed by atoms with Gasteiger partial charge in [-0.3, -0.25) is 0 Å². The Bertz CT molecular complexity index is 345. The van der Waals surface area contributed by atoms with E-state index in [9.17, 15) is 0 Å². The van der Waals surface area contributed by atoms with Crippen LogP contribution in [-0.2, 0) is 19.3 Å². The summed E-state index contributed by atoms with van der Waals surface area (Å²) in [4.78, 5) is 4.65. The van der Waals surface area contributed by atoms with E-state index in [0.29, 0.717) is 0 Å². The van der Waals surface area contributed by atoms with Gasteiger partial charge in [-0.2, -0.15) is 0 Å². The summed E-state index contributed by atoms with van der Waals surface area (Å²) in [6.07, 6.45) is 7.56. The highest BCUT2D eigenvalue weighted by Gasteiger charge is 2.13. The van der Waals surface area contributed by atoms with Gasteiger partial charge in [0.15, 0.2) is 0 Å². The van der Waals surface area contributed by atoms with E-state index in [2.05, 4.69) is 23.3 Å². The number of rotatable bonds is 2. The van der Waals surface area contributed by atoms with Crippen LogP contribution in [0.25, 0.3) is 0 Å². The van der Waals surface area contributed by atoms with E-state index >= 15 is 0 Å². The van der Waals surface area contributed by atoms with Crippen LogP contribution in [0.5, 0.6) is 0 Å². The van der Waals surface area contributed by atoms with E-state index in [1.807, 2.05) is 7.05 Å². The van der Waals surface area contributed by atoms with Crippen LogP contribution in [-0.4, -0.2) is 12.0 Å². The molecule has 0 saturated heterocycles. The minimum Gasteiger partial charge on any atom is -0.373 e. The molecule has 15 heavy (non-hydrogen) atoms. The van der Waals surface area contributed by atoms with E-state index < -0.39 is 0 Å². The molecule has 1 N–H and O–H groups in total. The van der Waals surface area contributed by atoms with Gasteiger partial charge in [0, 0.05) is 12.7 Å². The molecule has 1 aliphatic carbocycles. The van der Waals surface area contributed by atoms with Crippen molar-refractivity contribution in [3.05, 3.63) is 22.9 Å². The van der Waals surface area contributed by atoms with Crippen molar-refractivity contribution in [2.24, 2.45) is 0 Å². The molecule has 1 aromatic heterocycles. The first kappa shape index (κ1) is 10.5. The molecule has 0 amide bonds. The average Bonchev–Trinajstić information content (AvgIpc) is 2.52. The van der Waals surface area contributed by atoms with Gasteiger partial charge >= 0.3 is 0 Å². The second-order valence-electron chi connectivity index (χ2n) is 4.26. The molecular formula is C13H20N2. The summed E-state index contributed by atoms with van der Waals surface area (Å²) in [5.41, 5.74) is 4.37. The Morgan fingerprint density at radius 3 is 2.80 bits per heavy atom. The zero-order valence-corrected chi connectivity index (χ0v) is 9.77. The van der Waals surface area contributed by atoms with Crippen LogP contribution in [0.1, 0.15) is 43.0 Å². The monoisotopic (exact) mass is 204 g/mol. The molecule has 2 rings (SSSR count). The number of nitrogens with zero attached hydrogens (tertiary/aromatic N) is 1. The van der Waals surface area contributed by atoms with Crippen molar-refractivity contribution in [2.75, 3.05) is 12.4 Å². The number of pyridine rings is 1. The Kier molecular flexibility index (Phi) is 3.24. The number of hydrogen-bond donors (Lipinski definition) is 1. The van der Waals surface area contributed by atoms with Crippen LogP contribution < -0.4 is 5.32 Å². The lowest BCUT2D eigenvalue weighted by atomic mass is 10.0. The van der Waals surface area contributed by atoms with Gasteiger partial charge in [-0.15, -0.1) is 0 Å². The van der Waals surface area contributed by atoms with Crippen molar-refractivity contribution in [1.29, 1.82) is 0 Å². The number of hydrogen-bond acceptors (Lipinski definition) is 2. The molecule has 1 aromatic rings. The molecule has 0 spiro atoms. The summed E-state index contributed by atoms with van der Waals surface area (Å²) >= 11 is 0. The normalized spacial score (nSPS) is 15.6. The molecule has 0 atom stereocenters. The SMILES string of the molecule is CCc1nc(NC)cc2c1CCCCC2. The highest BCUT2D eigenvalue weighted by atomic mass is 15.0. The maximum absolute atomic E-state index is 4.65. The molecule has 2 nitrogen and oxygen atoms in total. The van der Waals surface area contributed by atoms with E-state index in [4.69, 9.17) is 0 Å². The maximum atomic E-state index is 4.65. The molecule has 0 bridgehead atoms. The van der Waals surface area contributed by atoms with Crippen molar-refractivity contribution in [3.63, 3.8) is 0 Å². The smallest absolute Gasteiger partial charge is 0.126 e. The molecule has 82 valence electrons. The van der Waals surface area contributed by atoms with E-state index in [1.54, 1.807) is 0 Å².